The first-order chi connectivity index (χ1) is 8.76. The van der Waals surface area contributed by atoms with Crippen molar-refractivity contribution in [2.24, 2.45) is 0 Å². The third-order valence-corrected chi connectivity index (χ3v) is 2.70. The lowest BCUT2D eigenvalue weighted by Crippen LogP contribution is -2.02. The van der Waals surface area contributed by atoms with E-state index in [9.17, 15) is 0 Å². The van der Waals surface area contributed by atoms with Gasteiger partial charge in [-0.3, -0.25) is 0 Å². The predicted octanol–water partition coefficient (Wildman–Crippen LogP) is 2.08. The molecular weight excluding hydrogens is 228 g/mol. The molecule has 0 aromatic carbocycles. The summed E-state index contributed by atoms with van der Waals surface area (Å²) in [6.45, 7) is 2.10. The summed E-state index contributed by atoms with van der Waals surface area (Å²) >= 11 is 0. The molecule has 94 valence electrons. The number of hydrogen-bond donors (Lipinski definition) is 1. The molecule has 0 atom stereocenters. The fourth-order valence-corrected chi connectivity index (χ4v) is 1.81. The van der Waals surface area contributed by atoms with E-state index in [-0.39, 0.29) is 0 Å². The Hall–Kier alpha value is -2.17. The van der Waals surface area contributed by atoms with E-state index >= 15 is 0 Å². The lowest BCUT2D eigenvalue weighted by Gasteiger charge is -2.09. The number of nitrogens with zero attached hydrogens (tertiary/aromatic N) is 3. The Balaban J connectivity index is 2.45. The molecule has 2 N–H and O–H groups in total. The Morgan fingerprint density at radius 2 is 2.06 bits per heavy atom. The molecule has 0 radical (unpaired) electrons. The average molecular weight is 244 g/mol. The van der Waals surface area contributed by atoms with Crippen molar-refractivity contribution < 1.29 is 4.74 Å². The highest BCUT2D eigenvalue weighted by atomic mass is 16.5. The number of hydrogen-bond acceptors (Lipinski definition) is 5. The molecule has 0 bridgehead atoms. The lowest BCUT2D eigenvalue weighted by atomic mass is 10.0. The first-order valence-corrected chi connectivity index (χ1v) is 5.86. The molecule has 0 saturated carbocycles. The largest absolute Gasteiger partial charge is 0.481 e. The molecule has 2 heterocycles. The van der Waals surface area contributed by atoms with Crippen molar-refractivity contribution in [3.63, 3.8) is 0 Å². The standard InChI is InChI=1S/C13H16N4O/c1-3-4-10-12(16-8-17-13(10)14)9-5-6-11(18-2)15-7-9/h5-8H,3-4H2,1-2H3,(H2,14,16,17). The Labute approximate surface area is 106 Å². The fourth-order valence-electron chi connectivity index (χ4n) is 1.81. The summed E-state index contributed by atoms with van der Waals surface area (Å²) in [5.41, 5.74) is 8.65. The van der Waals surface area contributed by atoms with Crippen LogP contribution in [0.1, 0.15) is 18.9 Å². The predicted molar refractivity (Wildman–Crippen MR) is 70.2 cm³/mol. The number of anilines is 1. The summed E-state index contributed by atoms with van der Waals surface area (Å²) in [5, 5.41) is 0. The van der Waals surface area contributed by atoms with Gasteiger partial charge in [0.25, 0.3) is 0 Å². The number of nitrogen functional groups attached to an aromatic ring is 1. The van der Waals surface area contributed by atoms with E-state index in [2.05, 4.69) is 21.9 Å². The van der Waals surface area contributed by atoms with E-state index < -0.39 is 0 Å². The van der Waals surface area contributed by atoms with Crippen molar-refractivity contribution in [1.82, 2.24) is 15.0 Å². The molecule has 0 aliphatic heterocycles. The van der Waals surface area contributed by atoms with Crippen LogP contribution < -0.4 is 10.5 Å². The van der Waals surface area contributed by atoms with Crippen LogP contribution in [0.2, 0.25) is 0 Å². The molecule has 0 amide bonds. The van der Waals surface area contributed by atoms with Crippen LogP contribution in [0, 0.1) is 0 Å². The molecule has 0 saturated heterocycles. The van der Waals surface area contributed by atoms with Crippen molar-refractivity contribution in [1.29, 1.82) is 0 Å². The first kappa shape index (κ1) is 12.3. The van der Waals surface area contributed by atoms with Crippen LogP contribution in [0.25, 0.3) is 11.3 Å². The van der Waals surface area contributed by atoms with Gasteiger partial charge in [-0.05, 0) is 12.5 Å². The van der Waals surface area contributed by atoms with Gasteiger partial charge in [-0.2, -0.15) is 0 Å². The third kappa shape index (κ3) is 2.40. The van der Waals surface area contributed by atoms with Crippen molar-refractivity contribution in [2.45, 2.75) is 19.8 Å². The maximum Gasteiger partial charge on any atom is 0.212 e. The second-order valence-electron chi connectivity index (χ2n) is 3.93. The van der Waals surface area contributed by atoms with Gasteiger partial charge in [-0.15, -0.1) is 0 Å². The normalized spacial score (nSPS) is 10.3. The molecule has 2 aromatic heterocycles. The van der Waals surface area contributed by atoms with Gasteiger partial charge in [0, 0.05) is 23.4 Å². The van der Waals surface area contributed by atoms with Gasteiger partial charge < -0.3 is 10.5 Å². The number of pyridine rings is 1. The molecular formula is C13H16N4O. The summed E-state index contributed by atoms with van der Waals surface area (Å²) in [6.07, 6.45) is 5.07. The SMILES string of the molecule is CCCc1c(N)ncnc1-c1ccc(OC)nc1. The number of rotatable bonds is 4. The monoisotopic (exact) mass is 244 g/mol. The number of ether oxygens (including phenoxy) is 1. The number of methoxy groups -OCH3 is 1. The van der Waals surface area contributed by atoms with E-state index in [4.69, 9.17) is 10.5 Å². The molecule has 5 heteroatoms. The number of nitrogens with two attached hydrogens (primary N) is 1. The molecule has 0 unspecified atom stereocenters. The summed E-state index contributed by atoms with van der Waals surface area (Å²) in [5.74, 6) is 1.12. The van der Waals surface area contributed by atoms with E-state index in [1.807, 2.05) is 12.1 Å². The summed E-state index contributed by atoms with van der Waals surface area (Å²) in [6, 6.07) is 3.73. The average Bonchev–Trinajstić information content (AvgIpc) is 2.41. The van der Waals surface area contributed by atoms with E-state index in [0.29, 0.717) is 11.7 Å². The van der Waals surface area contributed by atoms with Gasteiger partial charge in [0.15, 0.2) is 0 Å². The fraction of sp³-hybridized carbons (Fsp3) is 0.308. The highest BCUT2D eigenvalue weighted by Gasteiger charge is 2.10. The molecule has 18 heavy (non-hydrogen) atoms. The molecule has 2 rings (SSSR count). The number of aromatic nitrogens is 3. The lowest BCUT2D eigenvalue weighted by molar-refractivity contribution is 0.398. The Kier molecular flexibility index (Phi) is 3.72. The molecule has 0 aliphatic rings. The smallest absolute Gasteiger partial charge is 0.212 e. The zero-order valence-corrected chi connectivity index (χ0v) is 10.6. The van der Waals surface area contributed by atoms with Crippen molar-refractivity contribution in [3.8, 4) is 17.1 Å². The Bertz CT molecular complexity index is 525. The minimum absolute atomic E-state index is 0.540. The van der Waals surface area contributed by atoms with Crippen molar-refractivity contribution in [3.05, 3.63) is 30.2 Å². The molecule has 0 aliphatic carbocycles. The van der Waals surface area contributed by atoms with Crippen molar-refractivity contribution >= 4 is 5.82 Å². The second kappa shape index (κ2) is 5.44. The maximum atomic E-state index is 5.90. The van der Waals surface area contributed by atoms with E-state index in [1.54, 1.807) is 13.3 Å². The topological polar surface area (TPSA) is 73.9 Å². The minimum atomic E-state index is 0.540. The molecule has 2 aromatic rings. The highest BCUT2D eigenvalue weighted by Crippen LogP contribution is 2.25. The minimum Gasteiger partial charge on any atom is -0.481 e. The van der Waals surface area contributed by atoms with Crippen LogP contribution in [-0.4, -0.2) is 22.1 Å². The van der Waals surface area contributed by atoms with E-state index in [0.717, 1.165) is 29.7 Å². The van der Waals surface area contributed by atoms with Crippen LogP contribution in [0.3, 0.4) is 0 Å². The van der Waals surface area contributed by atoms with Crippen LogP contribution in [0.4, 0.5) is 5.82 Å². The van der Waals surface area contributed by atoms with Gasteiger partial charge in [0.05, 0.1) is 12.8 Å². The molecule has 0 spiro atoms. The summed E-state index contributed by atoms with van der Waals surface area (Å²) < 4.78 is 5.04. The van der Waals surface area contributed by atoms with Gasteiger partial charge in [-0.25, -0.2) is 15.0 Å². The third-order valence-electron chi connectivity index (χ3n) is 2.70. The van der Waals surface area contributed by atoms with Gasteiger partial charge in [0.2, 0.25) is 5.88 Å². The Morgan fingerprint density at radius 1 is 1.22 bits per heavy atom. The second-order valence-corrected chi connectivity index (χ2v) is 3.93. The van der Waals surface area contributed by atoms with Crippen LogP contribution in [0.5, 0.6) is 5.88 Å². The van der Waals surface area contributed by atoms with Crippen molar-refractivity contribution in [2.75, 3.05) is 12.8 Å². The highest BCUT2D eigenvalue weighted by molar-refractivity contribution is 5.66. The molecule has 5 nitrogen and oxygen atoms in total. The van der Waals surface area contributed by atoms with Gasteiger partial charge in [0.1, 0.15) is 12.1 Å². The summed E-state index contributed by atoms with van der Waals surface area (Å²) in [4.78, 5) is 12.5. The zero-order chi connectivity index (χ0) is 13.0. The van der Waals surface area contributed by atoms with Crippen LogP contribution in [0.15, 0.2) is 24.7 Å². The Morgan fingerprint density at radius 3 is 2.67 bits per heavy atom. The zero-order valence-electron chi connectivity index (χ0n) is 10.6. The quantitative estimate of drug-likeness (QED) is 0.891. The summed E-state index contributed by atoms with van der Waals surface area (Å²) in [7, 11) is 1.59. The molecule has 0 fully saturated rings. The van der Waals surface area contributed by atoms with Crippen LogP contribution >= 0.6 is 0 Å². The van der Waals surface area contributed by atoms with Crippen LogP contribution in [-0.2, 0) is 6.42 Å². The van der Waals surface area contributed by atoms with Gasteiger partial charge >= 0.3 is 0 Å². The maximum absolute atomic E-state index is 5.90. The first-order valence-electron chi connectivity index (χ1n) is 5.86. The van der Waals surface area contributed by atoms with E-state index in [1.165, 1.54) is 6.33 Å². The van der Waals surface area contributed by atoms with Gasteiger partial charge in [-0.1, -0.05) is 13.3 Å².